The van der Waals surface area contributed by atoms with E-state index < -0.39 is 72.6 Å². The number of H-pyrrole nitrogens is 1. The Hall–Kier alpha value is -4.01. The summed E-state index contributed by atoms with van der Waals surface area (Å²) in [7, 11) is 0. The number of nitrogens with two attached hydrogens (primary N) is 1. The van der Waals surface area contributed by atoms with Crippen LogP contribution in [0.2, 0.25) is 0 Å². The predicted octanol–water partition coefficient (Wildman–Crippen LogP) is -2.19. The smallest absolute Gasteiger partial charge is 0.326 e. The minimum atomic E-state index is -1.76. The Bertz CT molecular complexity index is 918. The number of nitrogens with zero attached hydrogens (tertiary/aromatic N) is 1. The predicted molar refractivity (Wildman–Crippen MR) is 118 cm³/mol. The molecule has 194 valence electrons. The molecule has 4 atom stereocenters. The zero-order valence-corrected chi connectivity index (χ0v) is 19.2. The maximum atomic E-state index is 12.7. The highest BCUT2D eigenvalue weighted by Gasteiger charge is 2.32. The van der Waals surface area contributed by atoms with Gasteiger partial charge in [0.2, 0.25) is 17.7 Å². The Morgan fingerprint density at radius 1 is 0.886 bits per heavy atom. The summed E-state index contributed by atoms with van der Waals surface area (Å²) in [5.74, 6) is -7.43. The number of aromatic nitrogens is 2. The van der Waals surface area contributed by atoms with E-state index in [4.69, 9.17) is 15.9 Å². The third-order valence-electron chi connectivity index (χ3n) is 4.68. The third kappa shape index (κ3) is 10.6. The Labute approximate surface area is 199 Å². The maximum absolute atomic E-state index is 12.7. The van der Waals surface area contributed by atoms with E-state index in [1.54, 1.807) is 13.8 Å². The molecule has 15 heteroatoms. The monoisotopic (exact) mass is 498 g/mol. The van der Waals surface area contributed by atoms with Gasteiger partial charge in [0.1, 0.15) is 18.1 Å². The van der Waals surface area contributed by atoms with Gasteiger partial charge in [-0.05, 0) is 12.3 Å². The lowest BCUT2D eigenvalue weighted by atomic mass is 10.0. The highest BCUT2D eigenvalue weighted by molar-refractivity contribution is 5.96. The van der Waals surface area contributed by atoms with Crippen LogP contribution in [-0.4, -0.2) is 85.1 Å². The van der Waals surface area contributed by atoms with Crippen LogP contribution < -0.4 is 21.7 Å². The molecule has 0 aliphatic heterocycles. The van der Waals surface area contributed by atoms with Gasteiger partial charge in [-0.1, -0.05) is 13.8 Å². The van der Waals surface area contributed by atoms with Gasteiger partial charge in [0.15, 0.2) is 0 Å². The number of nitrogens with one attached hydrogen (secondary N) is 4. The zero-order chi connectivity index (χ0) is 26.7. The van der Waals surface area contributed by atoms with Gasteiger partial charge in [-0.15, -0.1) is 0 Å². The van der Waals surface area contributed by atoms with Crippen molar-refractivity contribution in [3.63, 3.8) is 0 Å². The number of imidazole rings is 1. The average molecular weight is 498 g/mol. The zero-order valence-electron chi connectivity index (χ0n) is 19.2. The van der Waals surface area contributed by atoms with Crippen LogP contribution in [0.25, 0.3) is 0 Å². The minimum absolute atomic E-state index is 0.0371. The summed E-state index contributed by atoms with van der Waals surface area (Å²) in [6.45, 7) is 3.61. The van der Waals surface area contributed by atoms with Gasteiger partial charge in [-0.3, -0.25) is 24.0 Å². The molecule has 35 heavy (non-hydrogen) atoms. The van der Waals surface area contributed by atoms with Crippen LogP contribution in [-0.2, 0) is 35.2 Å². The number of carboxylic acid groups (broad SMARTS) is 3. The second kappa shape index (κ2) is 13.6. The summed E-state index contributed by atoms with van der Waals surface area (Å²) in [5, 5.41) is 34.1. The largest absolute Gasteiger partial charge is 0.481 e. The van der Waals surface area contributed by atoms with Crippen molar-refractivity contribution in [1.82, 2.24) is 25.9 Å². The Kier molecular flexibility index (Phi) is 11.3. The van der Waals surface area contributed by atoms with Crippen molar-refractivity contribution in [3.05, 3.63) is 18.2 Å². The van der Waals surface area contributed by atoms with Crippen molar-refractivity contribution in [3.8, 4) is 0 Å². The Balaban J connectivity index is 2.99. The molecule has 0 radical (unpaired) electrons. The molecule has 3 amide bonds. The summed E-state index contributed by atoms with van der Waals surface area (Å²) >= 11 is 0. The molecule has 0 aromatic carbocycles. The molecule has 15 nitrogen and oxygen atoms in total. The SMILES string of the molecule is CC(C)CC(N)C(=O)NC(CC(=O)O)C(=O)NC(CC(=O)O)C(=O)NC(Cc1cnc[nH]1)C(=O)O. The van der Waals surface area contributed by atoms with Crippen LogP contribution in [0.1, 0.15) is 38.8 Å². The van der Waals surface area contributed by atoms with Gasteiger partial charge in [-0.2, -0.15) is 0 Å². The fourth-order valence-corrected chi connectivity index (χ4v) is 3.02. The number of hydrogen-bond acceptors (Lipinski definition) is 8. The lowest BCUT2D eigenvalue weighted by Gasteiger charge is -2.24. The molecule has 1 aromatic rings. The number of amides is 3. The van der Waals surface area contributed by atoms with Crippen LogP contribution in [0, 0.1) is 5.92 Å². The van der Waals surface area contributed by atoms with Crippen LogP contribution >= 0.6 is 0 Å². The highest BCUT2D eigenvalue weighted by Crippen LogP contribution is 2.05. The first-order valence-electron chi connectivity index (χ1n) is 10.6. The molecule has 1 aromatic heterocycles. The van der Waals surface area contributed by atoms with Gasteiger partial charge in [-0.25, -0.2) is 9.78 Å². The Morgan fingerprint density at radius 3 is 1.77 bits per heavy atom. The van der Waals surface area contributed by atoms with Gasteiger partial charge in [0, 0.05) is 18.3 Å². The molecule has 1 rings (SSSR count). The van der Waals surface area contributed by atoms with Crippen LogP contribution in [0.15, 0.2) is 12.5 Å². The molecular formula is C20H30N6O9. The number of rotatable bonds is 15. The molecule has 0 bridgehead atoms. The molecule has 0 saturated carbocycles. The Morgan fingerprint density at radius 2 is 1.37 bits per heavy atom. The lowest BCUT2D eigenvalue weighted by Crippen LogP contribution is -2.58. The fourth-order valence-electron chi connectivity index (χ4n) is 3.02. The van der Waals surface area contributed by atoms with E-state index in [1.165, 1.54) is 12.5 Å². The van der Waals surface area contributed by atoms with Crippen molar-refractivity contribution in [2.45, 2.75) is 63.7 Å². The van der Waals surface area contributed by atoms with E-state index >= 15 is 0 Å². The van der Waals surface area contributed by atoms with Crippen molar-refractivity contribution >= 4 is 35.6 Å². The van der Waals surface area contributed by atoms with Gasteiger partial charge in [0.25, 0.3) is 0 Å². The van der Waals surface area contributed by atoms with Gasteiger partial charge >= 0.3 is 17.9 Å². The number of hydrogen-bond donors (Lipinski definition) is 8. The second-order valence-electron chi connectivity index (χ2n) is 8.23. The molecule has 0 aliphatic rings. The number of aliphatic carboxylic acids is 3. The van der Waals surface area contributed by atoms with E-state index in [9.17, 15) is 33.9 Å². The van der Waals surface area contributed by atoms with Crippen LogP contribution in [0.3, 0.4) is 0 Å². The molecule has 0 saturated heterocycles. The molecule has 0 spiro atoms. The first-order valence-corrected chi connectivity index (χ1v) is 10.6. The van der Waals surface area contributed by atoms with Crippen LogP contribution in [0.4, 0.5) is 0 Å². The van der Waals surface area contributed by atoms with E-state index in [2.05, 4.69) is 25.9 Å². The summed E-state index contributed by atoms with van der Waals surface area (Å²) in [6.07, 6.45) is 0.874. The van der Waals surface area contributed by atoms with E-state index in [-0.39, 0.29) is 18.8 Å². The second-order valence-corrected chi connectivity index (χ2v) is 8.23. The molecule has 4 unspecified atom stereocenters. The number of aromatic amines is 1. The summed E-state index contributed by atoms with van der Waals surface area (Å²) in [4.78, 5) is 78.0. The average Bonchev–Trinajstić information content (AvgIpc) is 3.24. The van der Waals surface area contributed by atoms with Gasteiger partial charge in [0.05, 0.1) is 25.2 Å². The summed E-state index contributed by atoms with van der Waals surface area (Å²) in [5.41, 5.74) is 6.13. The van der Waals surface area contributed by atoms with Crippen molar-refractivity contribution in [1.29, 1.82) is 0 Å². The van der Waals surface area contributed by atoms with Crippen molar-refractivity contribution < 1.29 is 44.1 Å². The first-order chi connectivity index (χ1) is 16.3. The van der Waals surface area contributed by atoms with Gasteiger partial charge < -0.3 is 42.0 Å². The minimum Gasteiger partial charge on any atom is -0.481 e. The fraction of sp³-hybridized carbons (Fsp3) is 0.550. The highest BCUT2D eigenvalue weighted by atomic mass is 16.4. The van der Waals surface area contributed by atoms with Crippen molar-refractivity contribution in [2.24, 2.45) is 11.7 Å². The number of carbonyl (C=O) groups excluding carboxylic acids is 3. The molecular weight excluding hydrogens is 468 g/mol. The van der Waals surface area contributed by atoms with Crippen LogP contribution in [0.5, 0.6) is 0 Å². The standard InChI is InChI=1S/C20H30N6O9/c1-9(2)3-11(21)17(31)24-12(5-15(27)28)18(32)25-13(6-16(29)30)19(33)26-14(20(34)35)4-10-7-22-8-23-10/h7-9,11-14H,3-6,21H2,1-2H3,(H,22,23)(H,24,31)(H,25,32)(H,26,33)(H,27,28)(H,29,30)(H,34,35). The molecule has 0 aliphatic carbocycles. The summed E-state index contributed by atoms with van der Waals surface area (Å²) in [6, 6.07) is -5.94. The molecule has 0 fully saturated rings. The number of carbonyl (C=O) groups is 6. The van der Waals surface area contributed by atoms with E-state index in [0.717, 1.165) is 0 Å². The quantitative estimate of drug-likeness (QED) is 0.129. The van der Waals surface area contributed by atoms with Crippen molar-refractivity contribution in [2.75, 3.05) is 0 Å². The number of carboxylic acids is 3. The van der Waals surface area contributed by atoms with E-state index in [0.29, 0.717) is 5.69 Å². The third-order valence-corrected chi connectivity index (χ3v) is 4.68. The summed E-state index contributed by atoms with van der Waals surface area (Å²) < 4.78 is 0. The first kappa shape index (κ1) is 29.0. The normalized spacial score (nSPS) is 14.3. The maximum Gasteiger partial charge on any atom is 0.326 e. The molecule has 1 heterocycles. The lowest BCUT2D eigenvalue weighted by molar-refractivity contribution is -0.145. The van der Waals surface area contributed by atoms with E-state index in [1.807, 2.05) is 0 Å². The topological polar surface area (TPSA) is 254 Å². The molecule has 9 N–H and O–H groups in total.